The first-order valence-corrected chi connectivity index (χ1v) is 9.35. The lowest BCUT2D eigenvalue weighted by molar-refractivity contribution is 0.0212. The second-order valence-electron chi connectivity index (χ2n) is 7.61. The molecule has 0 radical (unpaired) electrons. The summed E-state index contributed by atoms with van der Waals surface area (Å²) in [5, 5.41) is 12.4. The number of carboxylic acid groups (broad SMARTS) is 1. The predicted molar refractivity (Wildman–Crippen MR) is 97.1 cm³/mol. The predicted octanol–water partition coefficient (Wildman–Crippen LogP) is 1.49. The van der Waals surface area contributed by atoms with Crippen molar-refractivity contribution in [3.8, 4) is 0 Å². The summed E-state index contributed by atoms with van der Waals surface area (Å²) in [6.45, 7) is 1.98. The molecule has 0 spiro atoms. The van der Waals surface area contributed by atoms with Crippen molar-refractivity contribution in [3.05, 3.63) is 39.7 Å². The zero-order valence-electron chi connectivity index (χ0n) is 15.0. The zero-order chi connectivity index (χ0) is 19.6. The molecule has 2 N–H and O–H groups in total. The van der Waals surface area contributed by atoms with E-state index in [9.17, 15) is 19.1 Å². The molecule has 2 unspecified atom stereocenters. The van der Waals surface area contributed by atoms with Crippen LogP contribution in [0.3, 0.4) is 0 Å². The summed E-state index contributed by atoms with van der Waals surface area (Å²) in [6, 6.07) is 0.876. The minimum absolute atomic E-state index is 0.0109. The number of nitrogens with zero attached hydrogens (tertiary/aromatic N) is 2. The third-order valence-corrected chi connectivity index (χ3v) is 5.78. The first kappa shape index (κ1) is 17.6. The molecule has 1 aliphatic carbocycles. The lowest BCUT2D eigenvalue weighted by atomic mass is 10.1. The Morgan fingerprint density at radius 3 is 2.75 bits per heavy atom. The molecule has 1 saturated carbocycles. The number of carboxylic acids is 1. The van der Waals surface area contributed by atoms with Crippen LogP contribution in [-0.4, -0.2) is 54.0 Å². The van der Waals surface area contributed by atoms with Crippen LogP contribution in [0, 0.1) is 11.6 Å². The molecule has 1 aromatic heterocycles. The van der Waals surface area contributed by atoms with E-state index in [4.69, 9.17) is 4.74 Å². The number of aromatic nitrogens is 1. The topological polar surface area (TPSA) is 83.8 Å². The smallest absolute Gasteiger partial charge is 0.341 e. The highest BCUT2D eigenvalue weighted by Gasteiger charge is 2.38. The zero-order valence-corrected chi connectivity index (χ0v) is 15.0. The molecule has 3 aliphatic rings. The van der Waals surface area contributed by atoms with Crippen molar-refractivity contribution in [2.75, 3.05) is 31.1 Å². The van der Waals surface area contributed by atoms with Crippen LogP contribution in [0.25, 0.3) is 10.9 Å². The molecule has 0 bridgehead atoms. The van der Waals surface area contributed by atoms with E-state index in [1.165, 1.54) is 10.8 Å². The first-order chi connectivity index (χ1) is 13.5. The van der Waals surface area contributed by atoms with E-state index in [-0.39, 0.29) is 34.8 Å². The van der Waals surface area contributed by atoms with Gasteiger partial charge in [0.25, 0.3) is 0 Å². The Bertz CT molecular complexity index is 1040. The lowest BCUT2D eigenvalue weighted by Gasteiger charge is -2.25. The van der Waals surface area contributed by atoms with Gasteiger partial charge in [-0.3, -0.25) is 4.79 Å². The van der Waals surface area contributed by atoms with Crippen LogP contribution in [0.5, 0.6) is 0 Å². The van der Waals surface area contributed by atoms with Crippen molar-refractivity contribution in [3.63, 3.8) is 0 Å². The molecular formula is C19H19F2N3O4. The monoisotopic (exact) mass is 391 g/mol. The summed E-state index contributed by atoms with van der Waals surface area (Å²) in [5.41, 5.74) is -1.57. The van der Waals surface area contributed by atoms with E-state index >= 15 is 4.39 Å². The maximum Gasteiger partial charge on any atom is 0.341 e. The van der Waals surface area contributed by atoms with Crippen molar-refractivity contribution in [1.82, 2.24) is 9.88 Å². The number of pyridine rings is 1. The van der Waals surface area contributed by atoms with Crippen molar-refractivity contribution < 1.29 is 23.4 Å². The molecule has 5 rings (SSSR count). The molecule has 2 atom stereocenters. The standard InChI is InChI=1S/C19H19F2N3O4/c20-12-5-10-16(24(9-1-2-9)6-11(18(10)25)19(26)27)15(21)17(12)23-7-13-14(8-23)28-4-3-22-13/h5-6,9,13-14,22H,1-4,7-8H2,(H,26,27). The Hall–Kier alpha value is -2.52. The Morgan fingerprint density at radius 1 is 1.29 bits per heavy atom. The van der Waals surface area contributed by atoms with Gasteiger partial charge in [-0.05, 0) is 18.9 Å². The Balaban J connectivity index is 1.70. The first-order valence-electron chi connectivity index (χ1n) is 9.35. The molecule has 2 aromatic rings. The molecule has 7 nitrogen and oxygen atoms in total. The number of fused-ring (bicyclic) bond motifs is 2. The Morgan fingerprint density at radius 2 is 2.07 bits per heavy atom. The average Bonchev–Trinajstić information content (AvgIpc) is 3.41. The van der Waals surface area contributed by atoms with Crippen LogP contribution in [0.2, 0.25) is 0 Å². The van der Waals surface area contributed by atoms with Crippen LogP contribution < -0.4 is 15.6 Å². The number of nitrogens with one attached hydrogen (secondary N) is 1. The maximum absolute atomic E-state index is 15.6. The van der Waals surface area contributed by atoms with Gasteiger partial charge >= 0.3 is 5.97 Å². The number of anilines is 1. The molecule has 0 amide bonds. The van der Waals surface area contributed by atoms with Gasteiger partial charge in [0.1, 0.15) is 17.1 Å². The number of hydrogen-bond donors (Lipinski definition) is 2. The molecule has 1 aromatic carbocycles. The highest BCUT2D eigenvalue weighted by atomic mass is 19.1. The number of benzene rings is 1. The second kappa shape index (κ2) is 6.25. The third-order valence-electron chi connectivity index (χ3n) is 5.78. The van der Waals surface area contributed by atoms with Gasteiger partial charge in [0.05, 0.1) is 29.7 Å². The summed E-state index contributed by atoms with van der Waals surface area (Å²) in [5.74, 6) is -3.10. The van der Waals surface area contributed by atoms with Gasteiger partial charge in [0.2, 0.25) is 5.43 Å². The summed E-state index contributed by atoms with van der Waals surface area (Å²) < 4.78 is 37.7. The Kier molecular flexibility index (Phi) is 3.92. The largest absolute Gasteiger partial charge is 0.477 e. The normalized spacial score (nSPS) is 24.6. The fourth-order valence-electron chi connectivity index (χ4n) is 4.29. The van der Waals surface area contributed by atoms with Gasteiger partial charge < -0.3 is 24.6 Å². The molecule has 3 fully saturated rings. The number of aromatic carboxylic acids is 1. The van der Waals surface area contributed by atoms with Gasteiger partial charge in [0, 0.05) is 31.9 Å². The fraction of sp³-hybridized carbons (Fsp3) is 0.474. The number of carbonyl (C=O) groups is 1. The number of rotatable bonds is 3. The Labute approximate surface area is 158 Å². The highest BCUT2D eigenvalue weighted by molar-refractivity contribution is 5.94. The van der Waals surface area contributed by atoms with Gasteiger partial charge in [-0.1, -0.05) is 0 Å². The van der Waals surface area contributed by atoms with E-state index in [1.54, 1.807) is 4.90 Å². The molecular weight excluding hydrogens is 372 g/mol. The van der Waals surface area contributed by atoms with Gasteiger partial charge in [-0.15, -0.1) is 0 Å². The summed E-state index contributed by atoms with van der Waals surface area (Å²) in [4.78, 5) is 25.6. The van der Waals surface area contributed by atoms with Crippen molar-refractivity contribution in [2.45, 2.75) is 31.0 Å². The minimum Gasteiger partial charge on any atom is -0.477 e. The lowest BCUT2D eigenvalue weighted by Crippen LogP contribution is -2.47. The van der Waals surface area contributed by atoms with Crippen LogP contribution in [0.15, 0.2) is 17.1 Å². The molecule has 2 aliphatic heterocycles. The van der Waals surface area contributed by atoms with Crippen molar-refractivity contribution in [2.24, 2.45) is 0 Å². The van der Waals surface area contributed by atoms with Crippen molar-refractivity contribution in [1.29, 1.82) is 0 Å². The van der Waals surface area contributed by atoms with E-state index in [1.807, 2.05) is 0 Å². The van der Waals surface area contributed by atoms with Gasteiger partial charge in [0.15, 0.2) is 5.82 Å². The molecule has 9 heteroatoms. The third kappa shape index (κ3) is 2.61. The second-order valence-corrected chi connectivity index (χ2v) is 7.61. The molecule has 2 saturated heterocycles. The fourth-order valence-corrected chi connectivity index (χ4v) is 4.29. The molecule has 28 heavy (non-hydrogen) atoms. The van der Waals surface area contributed by atoms with Gasteiger partial charge in [-0.2, -0.15) is 0 Å². The molecule has 3 heterocycles. The number of hydrogen-bond acceptors (Lipinski definition) is 5. The number of ether oxygens (including phenoxy) is 1. The highest BCUT2D eigenvalue weighted by Crippen LogP contribution is 2.40. The number of morpholine rings is 1. The average molecular weight is 391 g/mol. The van der Waals surface area contributed by atoms with Crippen molar-refractivity contribution >= 4 is 22.6 Å². The maximum atomic E-state index is 15.6. The summed E-state index contributed by atoms with van der Waals surface area (Å²) >= 11 is 0. The van der Waals surface area contributed by atoms with Crippen LogP contribution in [0.1, 0.15) is 29.2 Å². The van der Waals surface area contributed by atoms with Crippen LogP contribution in [0.4, 0.5) is 14.5 Å². The van der Waals surface area contributed by atoms with E-state index in [0.717, 1.165) is 18.9 Å². The minimum atomic E-state index is -1.40. The van der Waals surface area contributed by atoms with E-state index in [0.29, 0.717) is 26.2 Å². The quantitative estimate of drug-likeness (QED) is 0.825. The van der Waals surface area contributed by atoms with Crippen LogP contribution >= 0.6 is 0 Å². The molecule has 148 valence electrons. The SMILES string of the molecule is O=C(O)c1cn(C2CC2)c2c(F)c(N3CC4NCCOC4C3)c(F)cc2c1=O. The number of halogens is 2. The van der Waals surface area contributed by atoms with E-state index < -0.39 is 28.6 Å². The van der Waals surface area contributed by atoms with Gasteiger partial charge in [-0.25, -0.2) is 13.6 Å². The van der Waals surface area contributed by atoms with Crippen LogP contribution in [-0.2, 0) is 4.74 Å². The van der Waals surface area contributed by atoms with E-state index in [2.05, 4.69) is 5.32 Å². The summed E-state index contributed by atoms with van der Waals surface area (Å²) in [7, 11) is 0. The summed E-state index contributed by atoms with van der Waals surface area (Å²) in [6.07, 6.45) is 2.55.